The summed E-state index contributed by atoms with van der Waals surface area (Å²) in [4.78, 5) is 0. The minimum atomic E-state index is -3.32. The van der Waals surface area contributed by atoms with Gasteiger partial charge in [-0.2, -0.15) is 5.26 Å². The molecule has 1 N–H and O–H groups in total. The monoisotopic (exact) mass is 374 g/mol. The van der Waals surface area contributed by atoms with Gasteiger partial charge in [0.05, 0.1) is 33.0 Å². The van der Waals surface area contributed by atoms with E-state index in [1.54, 1.807) is 32.4 Å². The first-order valence-electron chi connectivity index (χ1n) is 8.04. The molecule has 2 rings (SSSR count). The number of methoxy groups -OCH3 is 2. The molecule has 0 aromatic heterocycles. The van der Waals surface area contributed by atoms with E-state index in [9.17, 15) is 8.42 Å². The van der Waals surface area contributed by atoms with Gasteiger partial charge in [0.15, 0.2) is 11.5 Å². The van der Waals surface area contributed by atoms with Crippen molar-refractivity contribution in [2.24, 2.45) is 0 Å². The van der Waals surface area contributed by atoms with Gasteiger partial charge in [0.2, 0.25) is 10.0 Å². The molecule has 0 bridgehead atoms. The topological polar surface area (TPSA) is 88.4 Å². The fraction of sp³-hybridized carbons (Fsp3) is 0.316. The zero-order valence-electron chi connectivity index (χ0n) is 15.1. The SMILES string of the molecule is COc1ccc(CC#N)c(CCc2cccc(NS(C)(=O)=O)c2)c1OC. The van der Waals surface area contributed by atoms with Gasteiger partial charge in [-0.1, -0.05) is 18.2 Å². The van der Waals surface area contributed by atoms with E-state index >= 15 is 0 Å². The second-order valence-electron chi connectivity index (χ2n) is 5.85. The Bertz CT molecular complexity index is 918. The maximum Gasteiger partial charge on any atom is 0.229 e. The number of hydrogen-bond donors (Lipinski definition) is 1. The van der Waals surface area contributed by atoms with Gasteiger partial charge in [-0.15, -0.1) is 0 Å². The largest absolute Gasteiger partial charge is 0.493 e. The normalized spacial score (nSPS) is 10.8. The van der Waals surface area contributed by atoms with Crippen molar-refractivity contribution in [3.05, 3.63) is 53.1 Å². The third-order valence-electron chi connectivity index (χ3n) is 3.91. The Morgan fingerprint density at radius 3 is 2.50 bits per heavy atom. The molecule has 0 saturated heterocycles. The van der Waals surface area contributed by atoms with E-state index in [1.165, 1.54) is 0 Å². The molecule has 6 nitrogen and oxygen atoms in total. The van der Waals surface area contributed by atoms with Crippen LogP contribution in [-0.4, -0.2) is 28.9 Å². The Hall–Kier alpha value is -2.72. The zero-order chi connectivity index (χ0) is 19.2. The van der Waals surface area contributed by atoms with Crippen LogP contribution >= 0.6 is 0 Å². The zero-order valence-corrected chi connectivity index (χ0v) is 15.9. The molecule has 0 aliphatic heterocycles. The molecule has 0 amide bonds. The van der Waals surface area contributed by atoms with E-state index in [2.05, 4.69) is 10.8 Å². The summed E-state index contributed by atoms with van der Waals surface area (Å²) in [7, 11) is -0.164. The van der Waals surface area contributed by atoms with Crippen LogP contribution < -0.4 is 14.2 Å². The van der Waals surface area contributed by atoms with Crippen molar-refractivity contribution in [2.45, 2.75) is 19.3 Å². The third-order valence-corrected chi connectivity index (χ3v) is 4.52. The average molecular weight is 374 g/mol. The summed E-state index contributed by atoms with van der Waals surface area (Å²) >= 11 is 0. The van der Waals surface area contributed by atoms with Gasteiger partial charge in [-0.25, -0.2) is 8.42 Å². The lowest BCUT2D eigenvalue weighted by molar-refractivity contribution is 0.351. The van der Waals surface area contributed by atoms with Crippen LogP contribution in [0.15, 0.2) is 36.4 Å². The summed E-state index contributed by atoms with van der Waals surface area (Å²) in [5.41, 5.74) is 3.33. The van der Waals surface area contributed by atoms with Crippen LogP contribution in [0.1, 0.15) is 16.7 Å². The van der Waals surface area contributed by atoms with Gasteiger partial charge in [-0.3, -0.25) is 4.72 Å². The van der Waals surface area contributed by atoms with Crippen molar-refractivity contribution in [2.75, 3.05) is 25.2 Å². The fourth-order valence-corrected chi connectivity index (χ4v) is 3.39. The summed E-state index contributed by atoms with van der Waals surface area (Å²) in [5, 5.41) is 9.08. The summed E-state index contributed by atoms with van der Waals surface area (Å²) in [6, 6.07) is 13.1. The molecule has 138 valence electrons. The highest BCUT2D eigenvalue weighted by Crippen LogP contribution is 2.34. The first-order chi connectivity index (χ1) is 12.4. The van der Waals surface area contributed by atoms with E-state index < -0.39 is 10.0 Å². The number of sulfonamides is 1. The lowest BCUT2D eigenvalue weighted by atomic mass is 9.96. The predicted molar refractivity (Wildman–Crippen MR) is 101 cm³/mol. The van der Waals surface area contributed by atoms with Crippen LogP contribution in [0.4, 0.5) is 5.69 Å². The molecule has 0 heterocycles. The maximum atomic E-state index is 11.4. The van der Waals surface area contributed by atoms with Gasteiger partial charge >= 0.3 is 0 Å². The van der Waals surface area contributed by atoms with Crippen LogP contribution in [0.25, 0.3) is 0 Å². The summed E-state index contributed by atoms with van der Waals surface area (Å²) in [6.07, 6.45) is 2.71. The highest BCUT2D eigenvalue weighted by molar-refractivity contribution is 7.92. The summed E-state index contributed by atoms with van der Waals surface area (Å²) in [6.45, 7) is 0. The Labute approximate surface area is 154 Å². The average Bonchev–Trinajstić information content (AvgIpc) is 2.59. The van der Waals surface area contributed by atoms with Gasteiger partial charge in [0.1, 0.15) is 0 Å². The number of anilines is 1. The van der Waals surface area contributed by atoms with Crippen LogP contribution in [-0.2, 0) is 29.3 Å². The molecule has 0 atom stereocenters. The molecule has 26 heavy (non-hydrogen) atoms. The highest BCUT2D eigenvalue weighted by Gasteiger charge is 2.15. The number of benzene rings is 2. The van der Waals surface area contributed by atoms with Crippen molar-refractivity contribution >= 4 is 15.7 Å². The highest BCUT2D eigenvalue weighted by atomic mass is 32.2. The number of aryl methyl sites for hydroxylation is 1. The second-order valence-corrected chi connectivity index (χ2v) is 7.60. The minimum Gasteiger partial charge on any atom is -0.493 e. The fourth-order valence-electron chi connectivity index (χ4n) is 2.83. The number of nitriles is 1. The number of ether oxygens (including phenoxy) is 2. The number of nitrogens with one attached hydrogen (secondary N) is 1. The molecule has 2 aromatic rings. The van der Waals surface area contributed by atoms with Gasteiger partial charge in [-0.05, 0) is 42.2 Å². The molecule has 0 saturated carbocycles. The van der Waals surface area contributed by atoms with Crippen LogP contribution in [0.3, 0.4) is 0 Å². The molecule has 0 unspecified atom stereocenters. The first kappa shape index (κ1) is 19.6. The first-order valence-corrected chi connectivity index (χ1v) is 9.93. The second kappa shape index (κ2) is 8.59. The molecule has 0 spiro atoms. The van der Waals surface area contributed by atoms with Gasteiger partial charge in [0.25, 0.3) is 0 Å². The van der Waals surface area contributed by atoms with Crippen LogP contribution in [0.5, 0.6) is 11.5 Å². The quantitative estimate of drug-likeness (QED) is 0.767. The third kappa shape index (κ3) is 5.14. The predicted octanol–water partition coefficient (Wildman–Crippen LogP) is 2.93. The molecule has 0 radical (unpaired) electrons. The Morgan fingerprint density at radius 1 is 1.12 bits per heavy atom. The molecule has 0 aliphatic rings. The number of nitrogens with zero attached hydrogens (tertiary/aromatic N) is 1. The van der Waals surface area contributed by atoms with E-state index in [0.29, 0.717) is 30.0 Å². The number of hydrogen-bond acceptors (Lipinski definition) is 5. The maximum absolute atomic E-state index is 11.4. The van der Waals surface area contributed by atoms with E-state index in [0.717, 1.165) is 22.9 Å². The van der Waals surface area contributed by atoms with Crippen LogP contribution in [0.2, 0.25) is 0 Å². The van der Waals surface area contributed by atoms with Crippen molar-refractivity contribution in [1.29, 1.82) is 5.26 Å². The standard InChI is InChI=1S/C19H22N2O4S/c1-24-18-10-8-15(11-12-20)17(19(18)25-2)9-7-14-5-4-6-16(13-14)21-26(3,22)23/h4-6,8,10,13,21H,7,9,11H2,1-3H3. The van der Waals surface area contributed by atoms with Gasteiger partial charge < -0.3 is 9.47 Å². The van der Waals surface area contributed by atoms with Crippen molar-refractivity contribution in [1.82, 2.24) is 0 Å². The molecule has 0 fully saturated rings. The Kier molecular flexibility index (Phi) is 6.47. The molecule has 2 aromatic carbocycles. The van der Waals surface area contributed by atoms with Crippen LogP contribution in [0, 0.1) is 11.3 Å². The molecular formula is C19H22N2O4S. The minimum absolute atomic E-state index is 0.283. The molecular weight excluding hydrogens is 352 g/mol. The lowest BCUT2D eigenvalue weighted by Gasteiger charge is -2.16. The van der Waals surface area contributed by atoms with E-state index in [-0.39, 0.29) is 6.42 Å². The summed E-state index contributed by atoms with van der Waals surface area (Å²) in [5.74, 6) is 1.25. The van der Waals surface area contributed by atoms with Crippen molar-refractivity contribution in [3.8, 4) is 17.6 Å². The van der Waals surface area contributed by atoms with Crippen molar-refractivity contribution < 1.29 is 17.9 Å². The van der Waals surface area contributed by atoms with Crippen molar-refractivity contribution in [3.63, 3.8) is 0 Å². The smallest absolute Gasteiger partial charge is 0.229 e. The lowest BCUT2D eigenvalue weighted by Crippen LogP contribution is -2.09. The summed E-state index contributed by atoms with van der Waals surface area (Å²) < 4.78 is 36.1. The van der Waals surface area contributed by atoms with E-state index in [1.807, 2.05) is 18.2 Å². The Balaban J connectivity index is 2.29. The van der Waals surface area contributed by atoms with E-state index in [4.69, 9.17) is 14.7 Å². The van der Waals surface area contributed by atoms with Gasteiger partial charge in [0, 0.05) is 11.3 Å². The Morgan fingerprint density at radius 2 is 1.88 bits per heavy atom. The number of rotatable bonds is 8. The molecule has 7 heteroatoms. The molecule has 0 aliphatic carbocycles.